The van der Waals surface area contributed by atoms with Crippen molar-refractivity contribution in [1.82, 2.24) is 25.2 Å². The molecule has 196 valence electrons. The molecule has 0 spiro atoms. The van der Waals surface area contributed by atoms with Crippen LogP contribution in [0.1, 0.15) is 52.9 Å². The minimum atomic E-state index is -0.259. The number of hydrogen-bond acceptors (Lipinski definition) is 6. The van der Waals surface area contributed by atoms with Crippen LogP contribution in [0, 0.1) is 17.8 Å². The smallest absolute Gasteiger partial charge is 0.273 e. The summed E-state index contributed by atoms with van der Waals surface area (Å²) < 4.78 is 12.2. The van der Waals surface area contributed by atoms with Gasteiger partial charge >= 0.3 is 0 Å². The van der Waals surface area contributed by atoms with Gasteiger partial charge < -0.3 is 19.5 Å². The molecule has 1 aliphatic carbocycles. The number of likely N-dealkylation sites (tertiary alicyclic amines) is 1. The van der Waals surface area contributed by atoms with Crippen LogP contribution >= 0.6 is 11.6 Å². The second kappa shape index (κ2) is 10.6. The molecule has 0 bridgehead atoms. The van der Waals surface area contributed by atoms with Crippen LogP contribution in [0.15, 0.2) is 34.9 Å². The van der Waals surface area contributed by atoms with Crippen molar-refractivity contribution in [2.45, 2.75) is 32.6 Å². The Labute approximate surface area is 221 Å². The molecule has 1 N–H and O–H groups in total. The summed E-state index contributed by atoms with van der Waals surface area (Å²) in [6, 6.07) is 9.03. The number of nitrogens with zero attached hydrogens (tertiary/aromatic N) is 4. The molecule has 3 heterocycles. The molecular weight excluding hydrogens is 494 g/mol. The van der Waals surface area contributed by atoms with E-state index in [-0.39, 0.29) is 17.5 Å². The maximum atomic E-state index is 13.4. The molecule has 1 aromatic carbocycles. The number of carbonyl (C=O) groups is 2. The second-order valence-corrected chi connectivity index (χ2v) is 10.3. The molecule has 3 atom stereocenters. The quantitative estimate of drug-likeness (QED) is 0.495. The third-order valence-electron chi connectivity index (χ3n) is 7.77. The average Bonchev–Trinajstić information content (AvgIpc) is 3.64. The number of aromatic nitrogens is 3. The number of carbonyl (C=O) groups excluding carboxylic acids is 2. The normalized spacial score (nSPS) is 21.1. The molecular formula is C27H32ClN5O4. The van der Waals surface area contributed by atoms with Gasteiger partial charge in [-0.2, -0.15) is 5.10 Å². The molecule has 1 aliphatic heterocycles. The third-order valence-corrected chi connectivity index (χ3v) is 8.17. The number of fused-ring (bicyclic) bond motifs is 1. The predicted molar refractivity (Wildman–Crippen MR) is 139 cm³/mol. The predicted octanol–water partition coefficient (Wildman–Crippen LogP) is 4.22. The van der Waals surface area contributed by atoms with Crippen molar-refractivity contribution < 1.29 is 18.8 Å². The molecule has 2 fully saturated rings. The number of aryl methyl sites for hydroxylation is 2. The van der Waals surface area contributed by atoms with E-state index in [0.29, 0.717) is 60.3 Å². The second-order valence-electron chi connectivity index (χ2n) is 9.93. The summed E-state index contributed by atoms with van der Waals surface area (Å²) in [5.41, 5.74) is 2.27. The van der Waals surface area contributed by atoms with E-state index in [0.717, 1.165) is 36.3 Å². The Balaban J connectivity index is 1.21. The van der Waals surface area contributed by atoms with Gasteiger partial charge in [-0.1, -0.05) is 30.1 Å². The molecule has 2 aromatic heterocycles. The van der Waals surface area contributed by atoms with Crippen LogP contribution in [0.3, 0.4) is 0 Å². The number of rotatable bonds is 7. The van der Waals surface area contributed by atoms with Crippen LogP contribution in [0.25, 0.3) is 11.3 Å². The first-order valence-electron chi connectivity index (χ1n) is 12.8. The van der Waals surface area contributed by atoms with Gasteiger partial charge in [0.15, 0.2) is 11.5 Å². The van der Waals surface area contributed by atoms with E-state index in [1.807, 2.05) is 36.1 Å². The van der Waals surface area contributed by atoms with Crippen molar-refractivity contribution in [2.75, 3.05) is 26.7 Å². The van der Waals surface area contributed by atoms with Gasteiger partial charge in [-0.3, -0.25) is 14.3 Å². The molecule has 1 saturated carbocycles. The molecule has 3 aromatic rings. The first-order chi connectivity index (χ1) is 17.9. The van der Waals surface area contributed by atoms with Crippen molar-refractivity contribution in [3.05, 3.63) is 52.4 Å². The Morgan fingerprint density at radius 3 is 2.70 bits per heavy atom. The minimum absolute atomic E-state index is 0.0643. The number of hydrogen-bond donors (Lipinski definition) is 1. The molecule has 5 rings (SSSR count). The molecule has 10 heteroatoms. The molecule has 0 radical (unpaired) electrons. The van der Waals surface area contributed by atoms with Gasteiger partial charge in [0.05, 0.1) is 17.8 Å². The number of amides is 2. The van der Waals surface area contributed by atoms with Gasteiger partial charge in [0.1, 0.15) is 11.4 Å². The Morgan fingerprint density at radius 1 is 1.22 bits per heavy atom. The number of ether oxygens (including phenoxy) is 1. The summed E-state index contributed by atoms with van der Waals surface area (Å²) in [5, 5.41) is 11.9. The number of nitrogens with one attached hydrogen (secondary N) is 1. The minimum Gasteiger partial charge on any atom is -0.497 e. The Kier molecular flexibility index (Phi) is 7.24. The fourth-order valence-electron chi connectivity index (χ4n) is 5.76. The van der Waals surface area contributed by atoms with Crippen molar-refractivity contribution in [2.24, 2.45) is 24.8 Å². The zero-order valence-electron chi connectivity index (χ0n) is 21.4. The monoisotopic (exact) mass is 525 g/mol. The van der Waals surface area contributed by atoms with Crippen LogP contribution in [0.4, 0.5) is 0 Å². The van der Waals surface area contributed by atoms with Gasteiger partial charge in [-0.15, -0.1) is 0 Å². The SMILES string of the molecule is CCc1nn(C)c(C(=O)N2C[C@H]3CCC[C@H](CNC(=O)c4cc(-c5ccc(OC)cc5)on4)[C@H]3C2)c1Cl. The van der Waals surface area contributed by atoms with Crippen LogP contribution in [0.5, 0.6) is 5.75 Å². The van der Waals surface area contributed by atoms with E-state index in [9.17, 15) is 9.59 Å². The van der Waals surface area contributed by atoms with Gasteiger partial charge in [-0.25, -0.2) is 0 Å². The van der Waals surface area contributed by atoms with E-state index >= 15 is 0 Å². The molecule has 2 amide bonds. The number of halogens is 1. The topological polar surface area (TPSA) is 102 Å². The first-order valence-corrected chi connectivity index (χ1v) is 13.2. The lowest BCUT2D eigenvalue weighted by atomic mass is 9.74. The molecule has 2 aliphatic rings. The van der Waals surface area contributed by atoms with E-state index in [2.05, 4.69) is 15.6 Å². The van der Waals surface area contributed by atoms with Gasteiger partial charge in [0, 0.05) is 38.3 Å². The summed E-state index contributed by atoms with van der Waals surface area (Å²) in [6.45, 7) is 3.90. The Bertz CT molecular complexity index is 1280. The molecule has 9 nitrogen and oxygen atoms in total. The lowest BCUT2D eigenvalue weighted by Gasteiger charge is -2.32. The van der Waals surface area contributed by atoms with Gasteiger partial charge in [0.25, 0.3) is 11.8 Å². The fraction of sp³-hybridized carbons (Fsp3) is 0.481. The zero-order valence-corrected chi connectivity index (χ0v) is 22.1. The van der Waals surface area contributed by atoms with Crippen LogP contribution < -0.4 is 10.1 Å². The maximum absolute atomic E-state index is 13.4. The molecule has 0 unspecified atom stereocenters. The summed E-state index contributed by atoms with van der Waals surface area (Å²) in [6.07, 6.45) is 3.88. The van der Waals surface area contributed by atoms with Crippen molar-refractivity contribution in [3.8, 4) is 17.1 Å². The van der Waals surface area contributed by atoms with E-state index in [1.54, 1.807) is 24.9 Å². The summed E-state index contributed by atoms with van der Waals surface area (Å²) in [5.74, 6) is 2.00. The zero-order chi connectivity index (χ0) is 26.1. The highest BCUT2D eigenvalue weighted by atomic mass is 35.5. The number of methoxy groups -OCH3 is 1. The van der Waals surface area contributed by atoms with Crippen LogP contribution in [-0.2, 0) is 13.5 Å². The highest BCUT2D eigenvalue weighted by Gasteiger charge is 2.42. The average molecular weight is 526 g/mol. The summed E-state index contributed by atoms with van der Waals surface area (Å²) in [7, 11) is 3.38. The van der Waals surface area contributed by atoms with Crippen LogP contribution in [-0.4, -0.2) is 58.4 Å². The summed E-state index contributed by atoms with van der Waals surface area (Å²) >= 11 is 6.48. The first kappa shape index (κ1) is 25.3. The van der Waals surface area contributed by atoms with Crippen molar-refractivity contribution >= 4 is 23.4 Å². The Hall–Kier alpha value is -3.33. The maximum Gasteiger partial charge on any atom is 0.273 e. The molecule has 1 saturated heterocycles. The highest BCUT2D eigenvalue weighted by molar-refractivity contribution is 6.34. The highest BCUT2D eigenvalue weighted by Crippen LogP contribution is 2.40. The Morgan fingerprint density at radius 2 is 2.00 bits per heavy atom. The lowest BCUT2D eigenvalue weighted by molar-refractivity contribution is 0.0768. The third kappa shape index (κ3) is 4.97. The largest absolute Gasteiger partial charge is 0.497 e. The van der Waals surface area contributed by atoms with E-state index < -0.39 is 0 Å². The van der Waals surface area contributed by atoms with Gasteiger partial charge in [-0.05, 0) is 61.3 Å². The van der Waals surface area contributed by atoms with Crippen LogP contribution in [0.2, 0.25) is 5.02 Å². The van der Waals surface area contributed by atoms with Crippen molar-refractivity contribution in [1.29, 1.82) is 0 Å². The number of benzene rings is 1. The molecule has 37 heavy (non-hydrogen) atoms. The van der Waals surface area contributed by atoms with Crippen molar-refractivity contribution in [3.63, 3.8) is 0 Å². The van der Waals surface area contributed by atoms with E-state index in [1.165, 1.54) is 0 Å². The standard InChI is InChI=1S/C27H32ClN5O4/c1-4-21-24(28)25(32(2)30-21)27(35)33-14-18-7-5-6-17(20(18)15-33)13-29-26(34)22-12-23(37-31-22)16-8-10-19(36-3)11-9-16/h8-12,17-18,20H,4-7,13-15H2,1-3H3,(H,29,34)/t17-,18-,20-/m1/s1. The lowest BCUT2D eigenvalue weighted by Crippen LogP contribution is -2.37. The fourth-order valence-corrected chi connectivity index (χ4v) is 6.14. The summed E-state index contributed by atoms with van der Waals surface area (Å²) in [4.78, 5) is 28.1. The van der Waals surface area contributed by atoms with E-state index in [4.69, 9.17) is 20.9 Å². The van der Waals surface area contributed by atoms with Gasteiger partial charge in [0.2, 0.25) is 0 Å².